The molecule has 0 bridgehead atoms. The van der Waals surface area contributed by atoms with Gasteiger partial charge in [0.25, 0.3) is 0 Å². The van der Waals surface area contributed by atoms with Gasteiger partial charge in [0, 0.05) is 40.6 Å². The van der Waals surface area contributed by atoms with Crippen LogP contribution in [0.4, 0.5) is 0 Å². The van der Waals surface area contributed by atoms with Crippen molar-refractivity contribution in [3.63, 3.8) is 0 Å². The summed E-state index contributed by atoms with van der Waals surface area (Å²) >= 11 is 0. The maximum atomic E-state index is 12.8. The normalized spacial score (nSPS) is 23.5. The second-order valence-corrected chi connectivity index (χ2v) is 27.8. The topological polar surface area (TPSA) is 257 Å². The molecule has 2 fully saturated rings. The Labute approximate surface area is 541 Å². The van der Waals surface area contributed by atoms with Crippen molar-refractivity contribution in [3.8, 4) is 0 Å². The number of rotatable bonds is 63. The quantitative estimate of drug-likeness (QED) is 0.0188. The average Bonchev–Trinajstić information content (AvgIpc) is 1.75. The fourth-order valence-electron chi connectivity index (χ4n) is 12.0. The summed E-state index contributed by atoms with van der Waals surface area (Å²) < 4.78 is 92.9. The molecular formula is C68H134O19P2. The van der Waals surface area contributed by atoms with E-state index in [4.69, 9.17) is 51.7 Å². The molecule has 19 nitrogen and oxygen atoms in total. The molecule has 0 aliphatic carbocycles. The highest BCUT2D eigenvalue weighted by Crippen LogP contribution is 2.44. The molecule has 0 radical (unpaired) electrons. The summed E-state index contributed by atoms with van der Waals surface area (Å²) in [7, 11) is -7.34. The van der Waals surface area contributed by atoms with Crippen molar-refractivity contribution in [2.45, 2.75) is 371 Å². The molecule has 0 aromatic carbocycles. The van der Waals surface area contributed by atoms with Gasteiger partial charge in [-0.3, -0.25) is 9.05 Å². The average molecular weight is 1320 g/mol. The van der Waals surface area contributed by atoms with Gasteiger partial charge < -0.3 is 72.4 Å². The van der Waals surface area contributed by atoms with Crippen LogP contribution in [0, 0.1) is 0 Å². The molecule has 0 aromatic rings. The van der Waals surface area contributed by atoms with Crippen LogP contribution in [0.15, 0.2) is 12.2 Å². The van der Waals surface area contributed by atoms with Gasteiger partial charge >= 0.3 is 15.6 Å². The summed E-state index contributed by atoms with van der Waals surface area (Å²) in [6.07, 6.45) is 35.2. The van der Waals surface area contributed by atoms with E-state index in [1.807, 2.05) is 0 Å². The van der Waals surface area contributed by atoms with Crippen LogP contribution in [0.2, 0.25) is 0 Å². The Morgan fingerprint density at radius 3 is 1.27 bits per heavy atom. The lowest BCUT2D eigenvalue weighted by atomic mass is 9.97. The van der Waals surface area contributed by atoms with Crippen LogP contribution in [-0.2, 0) is 60.8 Å². The van der Waals surface area contributed by atoms with Crippen molar-refractivity contribution < 1.29 is 90.6 Å². The number of aliphatic hydroxyl groups is 2. The minimum absolute atomic E-state index is 0.0316. The van der Waals surface area contributed by atoms with Gasteiger partial charge in [-0.2, -0.15) is 0 Å². The van der Waals surface area contributed by atoms with E-state index in [1.54, 1.807) is 7.11 Å². The lowest BCUT2D eigenvalue weighted by Crippen LogP contribution is -2.63. The monoisotopic (exact) mass is 1320 g/mol. The molecule has 0 spiro atoms. The summed E-state index contributed by atoms with van der Waals surface area (Å²) in [5, 5.41) is 23.3. The second kappa shape index (κ2) is 55.6. The predicted octanol–water partition coefficient (Wildman–Crippen LogP) is 16.0. The number of hydrogen-bond acceptors (Lipinski definition) is 15. The fourth-order valence-corrected chi connectivity index (χ4v) is 13.0. The van der Waals surface area contributed by atoms with Crippen molar-refractivity contribution in [1.82, 2.24) is 0 Å². The Morgan fingerprint density at radius 1 is 0.393 bits per heavy atom. The van der Waals surface area contributed by atoms with Gasteiger partial charge in [-0.1, -0.05) is 245 Å². The SMILES string of the molecule is CCCCCC/C=C\CCCCCCCCCCO[C@H]1[C@H](OC[C@H]2O[C@@H](OP(=O)(O)O)[C@H](OCC[C@H](O)CCCCCCCCCCC)[C@@H](OCCCCCCCCCCCC)[C@@H]2O)O[C@H](COC)[C@@H](OP(=O)(O)O)[C@@H]1OCC[C@@H](CCCCCCC)OC. The molecule has 2 heterocycles. The molecule has 2 aliphatic heterocycles. The zero-order valence-electron chi connectivity index (χ0n) is 56.9. The highest BCUT2D eigenvalue weighted by atomic mass is 31.2. The van der Waals surface area contributed by atoms with Crippen molar-refractivity contribution >= 4 is 15.6 Å². The van der Waals surface area contributed by atoms with Gasteiger partial charge in [-0.25, -0.2) is 9.13 Å². The van der Waals surface area contributed by atoms with E-state index in [-0.39, 0.29) is 45.6 Å². The van der Waals surface area contributed by atoms with Crippen LogP contribution in [0.5, 0.6) is 0 Å². The van der Waals surface area contributed by atoms with E-state index in [0.29, 0.717) is 25.7 Å². The van der Waals surface area contributed by atoms with Gasteiger partial charge in [0.05, 0.1) is 25.4 Å². The summed E-state index contributed by atoms with van der Waals surface area (Å²) in [6.45, 7) is 8.71. The predicted molar refractivity (Wildman–Crippen MR) is 353 cm³/mol. The standard InChI is InChI=1S/C68H134O19P2/c1-7-11-15-19-22-25-27-28-29-30-31-32-35-38-42-46-52-80-66-64(81-54-50-58(78-6)48-44-39-18-14-10-4)62(86-88(71,72)73)60(55-77-5)85-67(66)83-56-59-61(70)63(79-51-45-41-37-34-26-23-20-16-12-8-2)65(68(84-59)87-89(74,75)76)82-53-49-57(69)47-43-40-36-33-24-21-17-13-9-3/h25,27,57-70H,7-24,26,28-56H2,1-6H3,(H2,71,72,73)(H2,74,75,76)/b27-25-/t57-,58-,59-,60-,61-,62-,63+,64+,65-,66-,67-,68+/m1/s1. The first-order chi connectivity index (χ1) is 43.1. The van der Waals surface area contributed by atoms with E-state index >= 15 is 0 Å². The summed E-state index contributed by atoms with van der Waals surface area (Å²) in [6, 6.07) is 0. The van der Waals surface area contributed by atoms with Gasteiger partial charge in [0.15, 0.2) is 12.6 Å². The summed E-state index contributed by atoms with van der Waals surface area (Å²) in [4.78, 5) is 41.3. The zero-order chi connectivity index (χ0) is 65.1. The van der Waals surface area contributed by atoms with Crippen molar-refractivity contribution in [1.29, 1.82) is 0 Å². The number of hydrogen-bond donors (Lipinski definition) is 6. The Hall–Kier alpha value is -0.480. The van der Waals surface area contributed by atoms with Crippen LogP contribution in [0.1, 0.15) is 297 Å². The minimum atomic E-state index is -5.25. The van der Waals surface area contributed by atoms with E-state index in [2.05, 4.69) is 39.8 Å². The molecule has 0 unspecified atom stereocenters. The smallest absolute Gasteiger partial charge is 0.393 e. The van der Waals surface area contributed by atoms with Gasteiger partial charge in [0.2, 0.25) is 0 Å². The third-order valence-corrected chi connectivity index (χ3v) is 18.4. The molecule has 2 aliphatic rings. The van der Waals surface area contributed by atoms with Crippen LogP contribution in [-0.4, -0.2) is 157 Å². The lowest BCUT2D eigenvalue weighted by molar-refractivity contribution is -0.336. The minimum Gasteiger partial charge on any atom is -0.393 e. The third kappa shape index (κ3) is 43.3. The molecule has 530 valence electrons. The molecule has 0 saturated carbocycles. The number of ether oxygens (including phenoxy) is 9. The van der Waals surface area contributed by atoms with Gasteiger partial charge in [-0.05, 0) is 64.2 Å². The van der Waals surface area contributed by atoms with Gasteiger partial charge in [-0.15, -0.1) is 0 Å². The van der Waals surface area contributed by atoms with E-state index < -0.39 is 89.8 Å². The third-order valence-electron chi connectivity index (χ3n) is 17.4. The van der Waals surface area contributed by atoms with Crippen molar-refractivity contribution in [2.24, 2.45) is 0 Å². The number of methoxy groups -OCH3 is 2. The van der Waals surface area contributed by atoms with Crippen LogP contribution < -0.4 is 0 Å². The maximum absolute atomic E-state index is 12.8. The molecule has 89 heavy (non-hydrogen) atoms. The van der Waals surface area contributed by atoms with Crippen LogP contribution >= 0.6 is 15.6 Å². The highest BCUT2D eigenvalue weighted by Gasteiger charge is 2.53. The second-order valence-electron chi connectivity index (χ2n) is 25.4. The highest BCUT2D eigenvalue weighted by molar-refractivity contribution is 7.46. The molecule has 2 rings (SSSR count). The number of unbranched alkanes of at least 4 members (excludes halogenated alkanes) is 33. The molecule has 0 amide bonds. The van der Waals surface area contributed by atoms with Crippen LogP contribution in [0.25, 0.3) is 0 Å². The first-order valence-corrected chi connectivity index (χ1v) is 39.1. The summed E-state index contributed by atoms with van der Waals surface area (Å²) in [5.41, 5.74) is 0. The van der Waals surface area contributed by atoms with E-state index in [1.165, 1.54) is 129 Å². The number of phosphoric acid groups is 2. The zero-order valence-corrected chi connectivity index (χ0v) is 58.7. The molecule has 6 N–H and O–H groups in total. The Balaban J connectivity index is 2.38. The number of allylic oxidation sites excluding steroid dienone is 2. The molecule has 12 atom stereocenters. The lowest BCUT2D eigenvalue weighted by Gasteiger charge is -2.47. The Bertz CT molecular complexity index is 1710. The van der Waals surface area contributed by atoms with E-state index in [0.717, 1.165) is 116 Å². The van der Waals surface area contributed by atoms with Crippen molar-refractivity contribution in [2.75, 3.05) is 53.9 Å². The number of phosphoric ester groups is 2. The Morgan fingerprint density at radius 2 is 0.787 bits per heavy atom. The molecule has 2 saturated heterocycles. The van der Waals surface area contributed by atoms with Gasteiger partial charge in [0.1, 0.15) is 48.8 Å². The largest absolute Gasteiger partial charge is 0.472 e. The maximum Gasteiger partial charge on any atom is 0.472 e. The number of aliphatic hydroxyl groups excluding tert-OH is 2. The Kier molecular flexibility index (Phi) is 52.9. The fraction of sp³-hybridized carbons (Fsp3) is 0.971. The molecule has 0 aromatic heterocycles. The molecule has 21 heteroatoms. The molecular weight excluding hydrogens is 1180 g/mol. The summed E-state index contributed by atoms with van der Waals surface area (Å²) in [5.74, 6) is 0. The first kappa shape index (κ1) is 84.6. The van der Waals surface area contributed by atoms with E-state index in [9.17, 15) is 38.9 Å². The first-order valence-electron chi connectivity index (χ1n) is 36.0. The van der Waals surface area contributed by atoms with Crippen LogP contribution in [0.3, 0.4) is 0 Å². The van der Waals surface area contributed by atoms with Crippen molar-refractivity contribution in [3.05, 3.63) is 12.2 Å².